The van der Waals surface area contributed by atoms with Gasteiger partial charge in [-0.05, 0) is 103 Å². The monoisotopic (exact) mass is 1050 g/mol. The van der Waals surface area contributed by atoms with E-state index >= 15 is 0 Å². The van der Waals surface area contributed by atoms with E-state index in [2.05, 4.69) is 130 Å². The van der Waals surface area contributed by atoms with Crippen LogP contribution in [0.1, 0.15) is 297 Å². The van der Waals surface area contributed by atoms with Crippen molar-refractivity contribution in [3.8, 4) is 0 Å². The van der Waals surface area contributed by atoms with Crippen molar-refractivity contribution in [2.24, 2.45) is 0 Å². The molecule has 0 aliphatic heterocycles. The van der Waals surface area contributed by atoms with Gasteiger partial charge in [-0.1, -0.05) is 284 Å². The Balaban J connectivity index is 4.38. The molecule has 6 nitrogen and oxygen atoms in total. The Kier molecular flexibility index (Phi) is 60.3. The first kappa shape index (κ1) is 72.1. The van der Waals surface area contributed by atoms with Crippen LogP contribution >= 0.6 is 0 Å². The van der Waals surface area contributed by atoms with E-state index in [4.69, 9.17) is 14.2 Å². The molecule has 0 saturated carbocycles. The molecular weight excluding hydrogens is 937 g/mol. The average Bonchev–Trinajstić information content (AvgIpc) is 3.42. The third-order valence-corrected chi connectivity index (χ3v) is 13.5. The molecule has 76 heavy (non-hydrogen) atoms. The van der Waals surface area contributed by atoms with Crippen LogP contribution in [0.3, 0.4) is 0 Å². The van der Waals surface area contributed by atoms with Crippen LogP contribution in [-0.2, 0) is 28.6 Å². The fraction of sp³-hybridized carbons (Fsp3) is 0.700. The minimum absolute atomic E-state index is 0.0904. The molecule has 0 aromatic heterocycles. The number of rotatable bonds is 57. The molecule has 0 heterocycles. The molecule has 0 radical (unpaired) electrons. The van der Waals surface area contributed by atoms with Crippen LogP contribution in [0.4, 0.5) is 0 Å². The summed E-state index contributed by atoms with van der Waals surface area (Å²) >= 11 is 0. The normalized spacial score (nSPS) is 12.8. The number of hydrogen-bond donors (Lipinski definition) is 0. The van der Waals surface area contributed by atoms with Crippen molar-refractivity contribution in [3.05, 3.63) is 109 Å². The van der Waals surface area contributed by atoms with Gasteiger partial charge in [-0.2, -0.15) is 0 Å². The molecule has 0 aromatic rings. The Labute approximate surface area is 470 Å². The van der Waals surface area contributed by atoms with Gasteiger partial charge in [0.15, 0.2) is 6.10 Å². The maximum absolute atomic E-state index is 12.9. The van der Waals surface area contributed by atoms with Crippen molar-refractivity contribution >= 4 is 17.9 Å². The molecule has 0 amide bonds. The van der Waals surface area contributed by atoms with E-state index in [-0.39, 0.29) is 31.1 Å². The zero-order chi connectivity index (χ0) is 55.0. The summed E-state index contributed by atoms with van der Waals surface area (Å²) in [6, 6.07) is 0. The van der Waals surface area contributed by atoms with Gasteiger partial charge in [-0.3, -0.25) is 14.4 Å². The van der Waals surface area contributed by atoms with Crippen LogP contribution in [0, 0.1) is 0 Å². The zero-order valence-corrected chi connectivity index (χ0v) is 49.7. The van der Waals surface area contributed by atoms with Gasteiger partial charge in [0.25, 0.3) is 0 Å². The Bertz CT molecular complexity index is 1540. The SMILES string of the molecule is CC/C=C\C/C=C\C/C=C\C/C=C\C/C=C\C/C=C\C/C=C\CCCCCCCC(=O)OCC(COC(=O)CCCCCCC/C=C\C/C=C\CCCC)OC(=O)CCCCCCCCCCCCCCCCCCC. The molecule has 0 saturated heterocycles. The summed E-state index contributed by atoms with van der Waals surface area (Å²) in [7, 11) is 0. The van der Waals surface area contributed by atoms with Crippen LogP contribution in [0.2, 0.25) is 0 Å². The first-order valence-electron chi connectivity index (χ1n) is 31.9. The van der Waals surface area contributed by atoms with Crippen LogP contribution in [-0.4, -0.2) is 37.2 Å². The summed E-state index contributed by atoms with van der Waals surface area (Å²) in [4.78, 5) is 38.3. The van der Waals surface area contributed by atoms with E-state index in [0.29, 0.717) is 19.3 Å². The predicted octanol–water partition coefficient (Wildman–Crippen LogP) is 21.8. The molecule has 0 rings (SSSR count). The third-order valence-electron chi connectivity index (χ3n) is 13.5. The largest absolute Gasteiger partial charge is 0.462 e. The van der Waals surface area contributed by atoms with Gasteiger partial charge >= 0.3 is 17.9 Å². The molecule has 0 aliphatic carbocycles. The fourth-order valence-electron chi connectivity index (χ4n) is 8.73. The summed E-state index contributed by atoms with van der Waals surface area (Å²) in [6.07, 6.45) is 86.6. The molecule has 0 N–H and O–H groups in total. The van der Waals surface area contributed by atoms with E-state index in [0.717, 1.165) is 148 Å². The number of allylic oxidation sites excluding steroid dienone is 18. The second kappa shape index (κ2) is 63.6. The van der Waals surface area contributed by atoms with Gasteiger partial charge in [0.1, 0.15) is 13.2 Å². The molecule has 0 aliphatic rings. The van der Waals surface area contributed by atoms with Crippen LogP contribution in [0.25, 0.3) is 0 Å². The van der Waals surface area contributed by atoms with Crippen LogP contribution in [0.15, 0.2) is 109 Å². The minimum atomic E-state index is -0.793. The van der Waals surface area contributed by atoms with Gasteiger partial charge < -0.3 is 14.2 Å². The topological polar surface area (TPSA) is 78.9 Å². The molecule has 6 heteroatoms. The molecule has 0 fully saturated rings. The lowest BCUT2D eigenvalue weighted by Crippen LogP contribution is -2.30. The quantitative estimate of drug-likeness (QED) is 0.0261. The highest BCUT2D eigenvalue weighted by atomic mass is 16.6. The average molecular weight is 1060 g/mol. The summed E-state index contributed by atoms with van der Waals surface area (Å²) in [6.45, 7) is 6.48. The van der Waals surface area contributed by atoms with Crippen molar-refractivity contribution in [1.82, 2.24) is 0 Å². The van der Waals surface area contributed by atoms with Crippen molar-refractivity contribution in [3.63, 3.8) is 0 Å². The maximum atomic E-state index is 12.9. The van der Waals surface area contributed by atoms with Crippen LogP contribution < -0.4 is 0 Å². The number of esters is 3. The van der Waals surface area contributed by atoms with Crippen molar-refractivity contribution in [1.29, 1.82) is 0 Å². The Hall–Kier alpha value is -3.93. The number of hydrogen-bond acceptors (Lipinski definition) is 6. The molecule has 1 atom stereocenters. The summed E-state index contributed by atoms with van der Waals surface area (Å²) in [5.41, 5.74) is 0. The molecule has 434 valence electrons. The van der Waals surface area contributed by atoms with Crippen molar-refractivity contribution in [2.45, 2.75) is 303 Å². The molecule has 0 bridgehead atoms. The van der Waals surface area contributed by atoms with Gasteiger partial charge in [-0.25, -0.2) is 0 Å². The predicted molar refractivity (Wildman–Crippen MR) is 330 cm³/mol. The second-order valence-electron chi connectivity index (χ2n) is 20.9. The lowest BCUT2D eigenvalue weighted by Gasteiger charge is -2.18. The smallest absolute Gasteiger partial charge is 0.306 e. The van der Waals surface area contributed by atoms with Crippen molar-refractivity contribution < 1.29 is 28.6 Å². The summed E-state index contributed by atoms with van der Waals surface area (Å²) in [5, 5.41) is 0. The zero-order valence-electron chi connectivity index (χ0n) is 49.7. The van der Waals surface area contributed by atoms with Gasteiger partial charge in [0.2, 0.25) is 0 Å². The summed E-state index contributed by atoms with van der Waals surface area (Å²) < 4.78 is 16.9. The van der Waals surface area contributed by atoms with E-state index in [9.17, 15) is 14.4 Å². The number of carbonyl (C=O) groups excluding carboxylic acids is 3. The van der Waals surface area contributed by atoms with Gasteiger partial charge in [0, 0.05) is 19.3 Å². The lowest BCUT2D eigenvalue weighted by molar-refractivity contribution is -0.167. The molecule has 0 spiro atoms. The number of carbonyl (C=O) groups is 3. The Morgan fingerprint density at radius 2 is 0.526 bits per heavy atom. The van der Waals surface area contributed by atoms with E-state index in [1.54, 1.807) is 0 Å². The third kappa shape index (κ3) is 60.9. The Morgan fingerprint density at radius 1 is 0.276 bits per heavy atom. The first-order valence-corrected chi connectivity index (χ1v) is 31.9. The first-order chi connectivity index (χ1) is 37.5. The second-order valence-corrected chi connectivity index (χ2v) is 20.9. The number of ether oxygens (including phenoxy) is 3. The van der Waals surface area contributed by atoms with Crippen molar-refractivity contribution in [2.75, 3.05) is 13.2 Å². The summed E-state index contributed by atoms with van der Waals surface area (Å²) in [5.74, 6) is -0.914. The maximum Gasteiger partial charge on any atom is 0.306 e. The van der Waals surface area contributed by atoms with Gasteiger partial charge in [0.05, 0.1) is 0 Å². The van der Waals surface area contributed by atoms with E-state index in [1.807, 2.05) is 0 Å². The fourth-order valence-corrected chi connectivity index (χ4v) is 8.73. The lowest BCUT2D eigenvalue weighted by atomic mass is 10.0. The standard InChI is InChI=1S/C70H118O6/c1-4-7-10-13-16-19-22-25-28-30-31-32-33-34-35-36-37-38-39-41-42-45-48-51-54-57-60-63-69(72)75-66-67(65-74-68(71)62-59-56-53-50-47-44-27-24-21-18-15-12-9-6-3)76-70(73)64-61-58-55-52-49-46-43-40-29-26-23-20-17-14-11-8-5-2/h7,10,15-16,18-19,24-25,27-28,31-32,34-35,37-38,41-42,67H,4-6,8-9,11-14,17,20-23,26,29-30,33,36,39-40,43-66H2,1-3H3/b10-7-,18-15-,19-16-,27-24-,28-25-,32-31-,35-34-,38-37-,42-41-. The molecule has 1 unspecified atom stereocenters. The van der Waals surface area contributed by atoms with E-state index < -0.39 is 6.10 Å². The van der Waals surface area contributed by atoms with Gasteiger partial charge in [-0.15, -0.1) is 0 Å². The van der Waals surface area contributed by atoms with E-state index in [1.165, 1.54) is 109 Å². The molecule has 0 aromatic carbocycles. The molecular formula is C70H118O6. The number of unbranched alkanes of at least 4 members (excludes halogenated alkanes) is 28. The minimum Gasteiger partial charge on any atom is -0.462 e. The Morgan fingerprint density at radius 3 is 0.842 bits per heavy atom. The highest BCUT2D eigenvalue weighted by Gasteiger charge is 2.19. The highest BCUT2D eigenvalue weighted by molar-refractivity contribution is 5.71. The highest BCUT2D eigenvalue weighted by Crippen LogP contribution is 2.16. The van der Waals surface area contributed by atoms with Crippen LogP contribution in [0.5, 0.6) is 0 Å².